The van der Waals surface area contributed by atoms with Crippen molar-refractivity contribution in [3.63, 3.8) is 0 Å². The maximum absolute atomic E-state index is 11.2. The lowest BCUT2D eigenvalue weighted by molar-refractivity contribution is -0.384. The molecule has 82 heavy (non-hydrogen) atoms. The van der Waals surface area contributed by atoms with Crippen LogP contribution in [0, 0.1) is 90.1 Å². The molecular weight excluding hydrogens is 1120 g/mol. The Balaban J connectivity index is 0.000000191. The van der Waals surface area contributed by atoms with Crippen LogP contribution in [0.5, 0.6) is 0 Å². The molecule has 5 aromatic heterocycles. The molecule has 0 unspecified atom stereocenters. The van der Waals surface area contributed by atoms with Crippen LogP contribution in [-0.2, 0) is 22.4 Å². The van der Waals surface area contributed by atoms with Crippen LogP contribution in [0.4, 0.5) is 57.7 Å². The van der Waals surface area contributed by atoms with Crippen molar-refractivity contribution in [2.24, 2.45) is 5.73 Å². The van der Waals surface area contributed by atoms with E-state index in [1.165, 1.54) is 24.3 Å². The number of hydrogen-bond acceptors (Lipinski definition) is 24. The van der Waals surface area contributed by atoms with Crippen LogP contribution in [0.2, 0.25) is 0 Å². The Hall–Kier alpha value is -11.4. The predicted octanol–water partition coefficient (Wildman–Crippen LogP) is 11.0. The van der Waals surface area contributed by atoms with Gasteiger partial charge in [-0.05, 0) is 102 Å². The van der Waals surface area contributed by atoms with Crippen molar-refractivity contribution < 1.29 is 41.4 Å². The van der Waals surface area contributed by atoms with Crippen molar-refractivity contribution in [2.75, 3.05) is 27.0 Å². The second-order valence-electron chi connectivity index (χ2n) is 16.9. The SMILES string of the molecule is CC(=O)Cc1ccc(Nc2oc(C)nc2C#N)cc1.CC(=O)Cc1ccc(Nc2oc(C)nc2C(N)=O)cc1.Cc1nc(C#N)c(Br)o1.Cc1nc(C#N)c(Nc2ccc(N)cc2)o1.Cc1nc(C#N)c(Nc2ccc([N+](=O)[O-])cc2)o1. The molecule has 1 amide bonds. The Morgan fingerprint density at radius 3 is 1.12 bits per heavy atom. The first-order chi connectivity index (χ1) is 39.1. The van der Waals surface area contributed by atoms with E-state index in [1.807, 2.05) is 60.7 Å². The fourth-order valence-corrected chi connectivity index (χ4v) is 7.07. The molecule has 27 heteroatoms. The summed E-state index contributed by atoms with van der Waals surface area (Å²) in [5.41, 5.74) is 17.2. The number of nitrogens with two attached hydrogens (primary N) is 2. The number of amides is 1. The highest BCUT2D eigenvalue weighted by molar-refractivity contribution is 9.10. The predicted molar refractivity (Wildman–Crippen MR) is 300 cm³/mol. The van der Waals surface area contributed by atoms with Gasteiger partial charge < -0.3 is 54.8 Å². The van der Waals surface area contributed by atoms with Gasteiger partial charge in [0, 0.05) is 88.0 Å². The number of nitrogens with zero attached hydrogens (tertiary/aromatic N) is 10. The normalized spacial score (nSPS) is 9.85. The summed E-state index contributed by atoms with van der Waals surface area (Å²) < 4.78 is 26.4. The van der Waals surface area contributed by atoms with Crippen molar-refractivity contribution in [3.8, 4) is 24.3 Å². The molecular formula is C55H49BrN16O10. The number of Topliss-reactive ketones (excluding diaryl/α,β-unsaturated/α-hetero) is 2. The minimum atomic E-state index is -0.655. The van der Waals surface area contributed by atoms with E-state index >= 15 is 0 Å². The van der Waals surface area contributed by atoms with E-state index in [2.05, 4.69) is 62.1 Å². The lowest BCUT2D eigenvalue weighted by Crippen LogP contribution is -2.13. The van der Waals surface area contributed by atoms with E-state index in [1.54, 1.807) is 84.9 Å². The number of halogens is 1. The number of carbonyl (C=O) groups is 3. The smallest absolute Gasteiger partial charge is 0.273 e. The third-order valence-electron chi connectivity index (χ3n) is 10.1. The van der Waals surface area contributed by atoms with E-state index in [4.69, 9.17) is 54.6 Å². The molecule has 8 N–H and O–H groups in total. The summed E-state index contributed by atoms with van der Waals surface area (Å²) in [6, 6.07) is 35.2. The number of non-ortho nitro benzene ring substituents is 1. The summed E-state index contributed by atoms with van der Waals surface area (Å²) in [4.78, 5) is 62.7. The molecule has 0 fully saturated rings. The second-order valence-corrected chi connectivity index (χ2v) is 17.6. The van der Waals surface area contributed by atoms with Gasteiger partial charge in [-0.15, -0.1) is 0 Å². The summed E-state index contributed by atoms with van der Waals surface area (Å²) >= 11 is 3.03. The molecule has 0 aliphatic carbocycles. The maximum Gasteiger partial charge on any atom is 0.273 e. The first kappa shape index (κ1) is 61.4. The number of anilines is 9. The van der Waals surface area contributed by atoms with E-state index in [0.717, 1.165) is 28.2 Å². The maximum atomic E-state index is 11.2. The molecule has 9 rings (SSSR count). The number of nitrogens with one attached hydrogen (secondary N) is 4. The zero-order valence-electron chi connectivity index (χ0n) is 44.7. The first-order valence-electron chi connectivity index (χ1n) is 23.8. The number of nitro groups is 1. The van der Waals surface area contributed by atoms with Gasteiger partial charge in [-0.2, -0.15) is 21.0 Å². The van der Waals surface area contributed by atoms with Gasteiger partial charge in [-0.1, -0.05) is 24.3 Å². The highest BCUT2D eigenvalue weighted by atomic mass is 79.9. The van der Waals surface area contributed by atoms with Crippen LogP contribution in [0.25, 0.3) is 0 Å². The highest BCUT2D eigenvalue weighted by Crippen LogP contribution is 2.26. The third kappa shape index (κ3) is 18.9. The lowest BCUT2D eigenvalue weighted by atomic mass is 10.1. The van der Waals surface area contributed by atoms with E-state index < -0.39 is 10.8 Å². The third-order valence-corrected chi connectivity index (χ3v) is 10.7. The number of benzene rings is 4. The van der Waals surface area contributed by atoms with Crippen molar-refractivity contribution in [2.45, 2.75) is 61.3 Å². The fourth-order valence-electron chi connectivity index (χ4n) is 6.66. The van der Waals surface area contributed by atoms with Crippen LogP contribution < -0.4 is 32.7 Å². The molecule has 0 spiro atoms. The Bertz CT molecular complexity index is 3850. The van der Waals surface area contributed by atoms with Gasteiger partial charge in [-0.3, -0.25) is 24.5 Å². The lowest BCUT2D eigenvalue weighted by Gasteiger charge is -2.05. The van der Waals surface area contributed by atoms with Crippen LogP contribution in [0.15, 0.2) is 124 Å². The van der Waals surface area contributed by atoms with E-state index in [-0.39, 0.29) is 51.8 Å². The Kier molecular flexibility index (Phi) is 22.0. The number of aryl methyl sites for hydroxylation is 5. The van der Waals surface area contributed by atoms with Crippen LogP contribution in [0.1, 0.15) is 87.7 Å². The summed E-state index contributed by atoms with van der Waals surface area (Å²) in [5, 5.41) is 57.1. The van der Waals surface area contributed by atoms with Crippen LogP contribution >= 0.6 is 15.9 Å². The molecule has 26 nitrogen and oxygen atoms in total. The molecule has 0 radical (unpaired) electrons. The van der Waals surface area contributed by atoms with Crippen LogP contribution in [-0.4, -0.2) is 47.3 Å². The molecule has 0 saturated carbocycles. The number of nitro benzene ring substituents is 1. The number of nitrogen functional groups attached to an aromatic ring is 1. The molecule has 416 valence electrons. The number of ketones is 2. The van der Waals surface area contributed by atoms with Crippen molar-refractivity contribution in [1.82, 2.24) is 24.9 Å². The van der Waals surface area contributed by atoms with Gasteiger partial charge in [0.1, 0.15) is 35.8 Å². The number of hydrogen-bond donors (Lipinski definition) is 6. The monoisotopic (exact) mass is 1170 g/mol. The topological polar surface area (TPSA) is 420 Å². The number of carbonyl (C=O) groups excluding carboxylic acids is 3. The quantitative estimate of drug-likeness (QED) is 0.0334. The summed E-state index contributed by atoms with van der Waals surface area (Å²) in [7, 11) is 0. The zero-order chi connectivity index (χ0) is 60.0. The van der Waals surface area contributed by atoms with Crippen molar-refractivity contribution in [1.29, 1.82) is 21.0 Å². The fraction of sp³-hybridized carbons (Fsp3) is 0.164. The number of oxazole rings is 5. The molecule has 9 aromatic rings. The molecule has 0 saturated heterocycles. The largest absolute Gasteiger partial charge is 0.433 e. The summed E-state index contributed by atoms with van der Waals surface area (Å²) in [5.74, 6) is 2.82. The number of aromatic nitrogens is 5. The molecule has 0 atom stereocenters. The van der Waals surface area contributed by atoms with Gasteiger partial charge >= 0.3 is 0 Å². The molecule has 0 aliphatic heterocycles. The van der Waals surface area contributed by atoms with Gasteiger partial charge in [0.05, 0.1) is 4.92 Å². The molecule has 4 aromatic carbocycles. The highest BCUT2D eigenvalue weighted by Gasteiger charge is 2.17. The van der Waals surface area contributed by atoms with E-state index in [0.29, 0.717) is 75.8 Å². The minimum Gasteiger partial charge on any atom is -0.433 e. The number of rotatable bonds is 14. The molecule has 5 heterocycles. The van der Waals surface area contributed by atoms with Crippen molar-refractivity contribution >= 4 is 91.1 Å². The Morgan fingerprint density at radius 2 is 0.817 bits per heavy atom. The van der Waals surface area contributed by atoms with Gasteiger partial charge in [0.15, 0.2) is 40.8 Å². The van der Waals surface area contributed by atoms with Gasteiger partial charge in [0.2, 0.25) is 45.3 Å². The Labute approximate surface area is 475 Å². The number of primary amides is 1. The Morgan fingerprint density at radius 1 is 0.512 bits per heavy atom. The molecule has 0 aliphatic rings. The average molecular weight is 1170 g/mol. The second kappa shape index (κ2) is 29.4. The summed E-state index contributed by atoms with van der Waals surface area (Å²) in [6.45, 7) is 11.4. The van der Waals surface area contributed by atoms with E-state index in [9.17, 15) is 24.5 Å². The zero-order valence-corrected chi connectivity index (χ0v) is 46.3. The van der Waals surface area contributed by atoms with Gasteiger partial charge in [-0.25, -0.2) is 24.9 Å². The average Bonchev–Trinajstić information content (AvgIpc) is 4.42. The minimum absolute atomic E-state index is 0.00481. The molecule has 0 bridgehead atoms. The first-order valence-corrected chi connectivity index (χ1v) is 24.6. The van der Waals surface area contributed by atoms with Gasteiger partial charge in [0.25, 0.3) is 11.6 Å². The van der Waals surface area contributed by atoms with Crippen LogP contribution in [0.3, 0.4) is 0 Å². The standard InChI is InChI=1S/C14H15N3O3.C14H13N3O2.C11H8N4O3.C11H10N4O.C5H3BrN2O/c1-8(18)7-10-3-5-11(6-4-10)17-14-12(13(15)19)16-9(2)20-14;1-9(18)7-11-3-5-12(6-4-11)17-14-13(8-15)16-10(2)19-14;1-7-13-10(6-12)11(18-7)14-8-2-4-9(5-3-8)15(16)17;1-7-14-10(6-12)11(16-7)15-9-4-2-8(13)3-5-9;1-3-8-4(2-7)5(6)9-3/h3-6,17H,7H2,1-2H3,(H2,15,19);3-6,17H,7H2,1-2H3;2-5,14H,1H3;2-5,15H,13H2,1H3;1H3. The van der Waals surface area contributed by atoms with Crippen molar-refractivity contribution in [3.05, 3.63) is 181 Å². The summed E-state index contributed by atoms with van der Waals surface area (Å²) in [6.07, 6.45) is 0.819. The number of nitriles is 4.